The zero-order chi connectivity index (χ0) is 23.3. The third-order valence-electron chi connectivity index (χ3n) is 5.38. The Hall–Kier alpha value is -3.09. The fourth-order valence-electron chi connectivity index (χ4n) is 3.50. The van der Waals surface area contributed by atoms with Gasteiger partial charge in [-0.2, -0.15) is 10.6 Å². The van der Waals surface area contributed by atoms with Crippen molar-refractivity contribution >= 4 is 39.0 Å². The van der Waals surface area contributed by atoms with Gasteiger partial charge in [0.05, 0.1) is 24.6 Å². The summed E-state index contributed by atoms with van der Waals surface area (Å²) in [5.41, 5.74) is 5.67. The number of nitrogens with one attached hydrogen (secondary N) is 1. The fraction of sp³-hybridized carbons (Fsp3) is 0.300. The second-order valence-corrected chi connectivity index (χ2v) is 10.1. The van der Waals surface area contributed by atoms with Crippen LogP contribution in [0.5, 0.6) is 5.88 Å². The van der Waals surface area contributed by atoms with Gasteiger partial charge in [-0.3, -0.25) is 14.1 Å². The van der Waals surface area contributed by atoms with Crippen molar-refractivity contribution in [3.8, 4) is 5.88 Å². The summed E-state index contributed by atoms with van der Waals surface area (Å²) in [5.74, 6) is -1.05. The number of alkyl halides is 1. The highest BCUT2D eigenvalue weighted by atomic mass is 32.3. The highest BCUT2D eigenvalue weighted by Crippen LogP contribution is 2.60. The molecule has 0 saturated carbocycles. The summed E-state index contributed by atoms with van der Waals surface area (Å²) in [6, 6.07) is 5.79. The Kier molecular flexibility index (Phi) is 5.18. The molecule has 12 heteroatoms. The van der Waals surface area contributed by atoms with E-state index in [9.17, 15) is 17.9 Å². The molecule has 0 unspecified atom stereocenters. The summed E-state index contributed by atoms with van der Waals surface area (Å²) in [4.78, 5) is 17.0. The predicted octanol–water partition coefficient (Wildman–Crippen LogP) is 3.94. The van der Waals surface area contributed by atoms with Crippen LogP contribution in [0.25, 0.3) is 11.0 Å². The summed E-state index contributed by atoms with van der Waals surface area (Å²) < 4.78 is 55.3. The zero-order valence-corrected chi connectivity index (χ0v) is 18.3. The minimum Gasteiger partial charge on any atom is -0.480 e. The van der Waals surface area contributed by atoms with Crippen molar-refractivity contribution < 1.29 is 22.6 Å². The highest BCUT2D eigenvalue weighted by Gasteiger charge is 2.52. The number of benzene rings is 1. The standard InChI is InChI=1S/C20H22F2N6O3S/c1-19(10-32(29,30)20(2,22)18(23)28-19)12-8-11(4-5-13(12)21)26-17-16-14(6-7-24-17)27-15(31-3)9-25-16/h4-9,29-30H,10H2,1-3H3,(H2,23,28)(H,24,26)/t19-,20+/m0/s1. The number of aromatic nitrogens is 3. The van der Waals surface area contributed by atoms with Crippen LogP contribution in [-0.4, -0.2) is 47.8 Å². The van der Waals surface area contributed by atoms with Crippen LogP contribution in [0.3, 0.4) is 0 Å². The Labute approximate surface area is 184 Å². The van der Waals surface area contributed by atoms with Crippen molar-refractivity contribution in [1.29, 1.82) is 0 Å². The number of nitrogens with two attached hydrogens (primary N) is 1. The molecular weight excluding hydrogens is 442 g/mol. The number of anilines is 2. The lowest BCUT2D eigenvalue weighted by Gasteiger charge is -2.50. The molecule has 3 heterocycles. The summed E-state index contributed by atoms with van der Waals surface area (Å²) in [7, 11) is -2.36. The van der Waals surface area contributed by atoms with Gasteiger partial charge in [-0.15, -0.1) is 0 Å². The molecule has 0 saturated heterocycles. The van der Waals surface area contributed by atoms with Gasteiger partial charge in [0.2, 0.25) is 5.88 Å². The molecule has 1 aliphatic heterocycles. The molecule has 170 valence electrons. The van der Waals surface area contributed by atoms with Gasteiger partial charge in [0, 0.05) is 17.4 Å². The number of amidine groups is 1. The molecule has 1 aromatic carbocycles. The number of halogens is 2. The van der Waals surface area contributed by atoms with Crippen molar-refractivity contribution in [2.75, 3.05) is 18.2 Å². The second kappa shape index (κ2) is 7.50. The Balaban J connectivity index is 1.75. The lowest BCUT2D eigenvalue weighted by atomic mass is 9.93. The molecule has 1 aliphatic rings. The van der Waals surface area contributed by atoms with Crippen molar-refractivity contribution in [3.63, 3.8) is 0 Å². The molecule has 3 aromatic rings. The molecule has 0 radical (unpaired) electrons. The van der Waals surface area contributed by atoms with E-state index in [1.807, 2.05) is 0 Å². The minimum absolute atomic E-state index is 0.0221. The average molecular weight is 464 g/mol. The molecular formula is C20H22F2N6O3S. The summed E-state index contributed by atoms with van der Waals surface area (Å²) in [6.07, 6.45) is 2.98. The maximum absolute atomic E-state index is 14.8. The SMILES string of the molecule is COc1cnc2c(Nc3ccc(F)c([C@]4(C)CS(O)(O)[C@@](C)(F)C(N)=N4)c3)nccc2n1. The molecule has 2 atom stereocenters. The maximum Gasteiger partial charge on any atom is 0.250 e. The third-order valence-corrected chi connectivity index (χ3v) is 7.78. The Morgan fingerprint density at radius 2 is 1.97 bits per heavy atom. The van der Waals surface area contributed by atoms with Gasteiger partial charge in [-0.05, 0) is 38.1 Å². The molecule has 0 aliphatic carbocycles. The van der Waals surface area contributed by atoms with Gasteiger partial charge in [-0.25, -0.2) is 23.7 Å². The smallest absolute Gasteiger partial charge is 0.250 e. The van der Waals surface area contributed by atoms with Crippen LogP contribution < -0.4 is 15.8 Å². The van der Waals surface area contributed by atoms with Crippen molar-refractivity contribution in [1.82, 2.24) is 15.0 Å². The molecule has 0 fully saturated rings. The summed E-state index contributed by atoms with van der Waals surface area (Å²) >= 11 is 0. The quantitative estimate of drug-likeness (QED) is 0.455. The number of hydrogen-bond acceptors (Lipinski definition) is 9. The monoisotopic (exact) mass is 464 g/mol. The normalized spacial score (nSPS) is 25.8. The number of pyridine rings is 1. The number of fused-ring (bicyclic) bond motifs is 1. The van der Waals surface area contributed by atoms with Crippen LogP contribution in [0.1, 0.15) is 19.4 Å². The first-order chi connectivity index (χ1) is 15.0. The molecule has 9 nitrogen and oxygen atoms in total. The zero-order valence-electron chi connectivity index (χ0n) is 17.5. The van der Waals surface area contributed by atoms with Crippen molar-refractivity contribution in [3.05, 3.63) is 48.0 Å². The Morgan fingerprint density at radius 1 is 1.22 bits per heavy atom. The first kappa shape index (κ1) is 22.1. The number of rotatable bonds is 4. The van der Waals surface area contributed by atoms with Crippen LogP contribution in [0.15, 0.2) is 41.7 Å². The van der Waals surface area contributed by atoms with Crippen molar-refractivity contribution in [2.24, 2.45) is 10.7 Å². The van der Waals surface area contributed by atoms with Gasteiger partial charge in [-0.1, -0.05) is 0 Å². The molecule has 0 bridgehead atoms. The average Bonchev–Trinajstić information content (AvgIpc) is 2.73. The number of hydrogen-bond donors (Lipinski definition) is 4. The Morgan fingerprint density at radius 3 is 2.66 bits per heavy atom. The van der Waals surface area contributed by atoms with Gasteiger partial charge < -0.3 is 15.8 Å². The first-order valence-electron chi connectivity index (χ1n) is 9.50. The molecule has 2 aromatic heterocycles. The summed E-state index contributed by atoms with van der Waals surface area (Å²) in [6.45, 7) is 2.43. The molecule has 0 amide bonds. The Bertz CT molecular complexity index is 1240. The lowest BCUT2D eigenvalue weighted by Crippen LogP contribution is -2.51. The van der Waals surface area contributed by atoms with Crippen molar-refractivity contribution in [2.45, 2.75) is 24.4 Å². The lowest BCUT2D eigenvalue weighted by molar-refractivity contribution is 0.313. The maximum atomic E-state index is 14.8. The third kappa shape index (κ3) is 3.59. The molecule has 4 rings (SSSR count). The van der Waals surface area contributed by atoms with E-state index in [4.69, 9.17) is 10.5 Å². The van der Waals surface area contributed by atoms with E-state index in [0.29, 0.717) is 28.4 Å². The van der Waals surface area contributed by atoms with E-state index in [0.717, 1.165) is 6.92 Å². The van der Waals surface area contributed by atoms with Gasteiger partial charge in [0.15, 0.2) is 11.7 Å². The van der Waals surface area contributed by atoms with Gasteiger partial charge in [0.1, 0.15) is 16.9 Å². The predicted molar refractivity (Wildman–Crippen MR) is 120 cm³/mol. The highest BCUT2D eigenvalue weighted by molar-refractivity contribution is 8.26. The van der Waals surface area contributed by atoms with E-state index < -0.39 is 38.5 Å². The van der Waals surface area contributed by atoms with E-state index in [1.54, 1.807) is 6.07 Å². The second-order valence-electron chi connectivity index (χ2n) is 7.76. The van der Waals surface area contributed by atoms with Crippen LogP contribution in [0.4, 0.5) is 20.3 Å². The molecule has 0 spiro atoms. The fourth-order valence-corrected chi connectivity index (χ4v) is 5.16. The number of methoxy groups -OCH3 is 1. The minimum atomic E-state index is -3.84. The molecule has 5 N–H and O–H groups in total. The van der Waals surface area contributed by atoms with Gasteiger partial charge >= 0.3 is 0 Å². The largest absolute Gasteiger partial charge is 0.480 e. The van der Waals surface area contributed by atoms with E-state index >= 15 is 0 Å². The molecule has 32 heavy (non-hydrogen) atoms. The van der Waals surface area contributed by atoms with Crippen LogP contribution in [-0.2, 0) is 5.54 Å². The van der Waals surface area contributed by atoms with E-state index in [1.165, 1.54) is 44.6 Å². The van der Waals surface area contributed by atoms with Crippen LogP contribution in [0.2, 0.25) is 0 Å². The summed E-state index contributed by atoms with van der Waals surface area (Å²) in [5, 5.41) is 0.472. The van der Waals surface area contributed by atoms with E-state index in [-0.39, 0.29) is 5.56 Å². The van der Waals surface area contributed by atoms with Crippen LogP contribution in [0, 0.1) is 5.82 Å². The van der Waals surface area contributed by atoms with Crippen LogP contribution >= 0.6 is 10.6 Å². The van der Waals surface area contributed by atoms with Gasteiger partial charge in [0.25, 0.3) is 5.00 Å². The topological polar surface area (TPSA) is 139 Å². The number of ether oxygens (including phenoxy) is 1. The number of nitrogens with zero attached hydrogens (tertiary/aromatic N) is 4. The van der Waals surface area contributed by atoms with E-state index in [2.05, 4.69) is 25.3 Å². The first-order valence-corrected chi connectivity index (χ1v) is 11.2. The number of aliphatic imine (C=N–C) groups is 1.